The van der Waals surface area contributed by atoms with E-state index in [2.05, 4.69) is 34.6 Å². The van der Waals surface area contributed by atoms with Crippen molar-refractivity contribution in [2.24, 2.45) is 5.73 Å². The van der Waals surface area contributed by atoms with E-state index in [0.717, 1.165) is 0 Å². The molecule has 0 aliphatic carbocycles. The Kier molecular flexibility index (Phi) is 5.77. The molecule has 1 unspecified atom stereocenters. The van der Waals surface area contributed by atoms with Crippen molar-refractivity contribution < 1.29 is 9.21 Å². The largest absolute Gasteiger partial charge is 0.415 e. The van der Waals surface area contributed by atoms with Gasteiger partial charge in [-0.25, -0.2) is 0 Å². The number of benzene rings is 1. The minimum Gasteiger partial charge on any atom is -0.415 e. The van der Waals surface area contributed by atoms with Gasteiger partial charge in [0.2, 0.25) is 11.8 Å². The van der Waals surface area contributed by atoms with Crippen LogP contribution in [0.1, 0.15) is 24.3 Å². The molecule has 0 radical (unpaired) electrons. The number of amides is 1. The van der Waals surface area contributed by atoms with E-state index in [-0.39, 0.29) is 24.1 Å². The second-order valence-corrected chi connectivity index (χ2v) is 5.50. The average Bonchev–Trinajstić information content (AvgIpc) is 2.99. The molecule has 2 rings (SSSR count). The van der Waals surface area contributed by atoms with E-state index < -0.39 is 0 Å². The molecular weight excluding hydrogens is 288 g/mol. The molecule has 2 aromatic rings. The first kappa shape index (κ1) is 15.5. The highest BCUT2D eigenvalue weighted by molar-refractivity contribution is 7.99. The molecule has 1 heterocycles. The molecule has 0 bridgehead atoms. The number of rotatable bonds is 7. The van der Waals surface area contributed by atoms with Crippen LogP contribution in [0.3, 0.4) is 0 Å². The summed E-state index contributed by atoms with van der Waals surface area (Å²) in [4.78, 5) is 11.8. The van der Waals surface area contributed by atoms with Crippen LogP contribution in [0.25, 0.3) is 0 Å². The van der Waals surface area contributed by atoms with Crippen molar-refractivity contribution in [1.82, 2.24) is 15.5 Å². The Bertz CT molecular complexity index is 573. The standard InChI is InChI=1S/C14H18N4O2S/c1-10(11-5-3-2-4-6-11)8-16-12(19)9-21-14-18-17-13(7-15)20-14/h2-6,10H,7-9,15H2,1H3,(H,16,19). The van der Waals surface area contributed by atoms with E-state index in [9.17, 15) is 4.79 Å². The van der Waals surface area contributed by atoms with Crippen molar-refractivity contribution >= 4 is 17.7 Å². The van der Waals surface area contributed by atoms with Gasteiger partial charge in [0.05, 0.1) is 12.3 Å². The number of thioether (sulfide) groups is 1. The minimum absolute atomic E-state index is 0.0599. The second kappa shape index (κ2) is 7.80. The van der Waals surface area contributed by atoms with Gasteiger partial charge in [-0.15, -0.1) is 10.2 Å². The predicted octanol–water partition coefficient (Wildman–Crippen LogP) is 1.54. The zero-order chi connectivity index (χ0) is 15.1. The van der Waals surface area contributed by atoms with Gasteiger partial charge in [0, 0.05) is 6.54 Å². The van der Waals surface area contributed by atoms with Crippen molar-refractivity contribution in [2.45, 2.75) is 24.6 Å². The number of nitrogens with one attached hydrogen (secondary N) is 1. The zero-order valence-electron chi connectivity index (χ0n) is 11.8. The van der Waals surface area contributed by atoms with Gasteiger partial charge in [0.15, 0.2) is 0 Å². The predicted molar refractivity (Wildman–Crippen MR) is 80.8 cm³/mol. The lowest BCUT2D eigenvalue weighted by molar-refractivity contribution is -0.118. The van der Waals surface area contributed by atoms with Crippen LogP contribution in [0.2, 0.25) is 0 Å². The third-order valence-corrected chi connectivity index (χ3v) is 3.74. The van der Waals surface area contributed by atoms with E-state index >= 15 is 0 Å². The quantitative estimate of drug-likeness (QED) is 0.754. The number of nitrogens with zero attached hydrogens (tertiary/aromatic N) is 2. The molecule has 0 fully saturated rings. The summed E-state index contributed by atoms with van der Waals surface area (Å²) in [7, 11) is 0. The molecule has 3 N–H and O–H groups in total. The lowest BCUT2D eigenvalue weighted by Crippen LogP contribution is -2.28. The molecule has 0 aliphatic heterocycles. The highest BCUT2D eigenvalue weighted by Gasteiger charge is 2.10. The topological polar surface area (TPSA) is 94.0 Å². The number of hydrogen-bond acceptors (Lipinski definition) is 6. The van der Waals surface area contributed by atoms with Gasteiger partial charge in [-0.1, -0.05) is 49.0 Å². The smallest absolute Gasteiger partial charge is 0.277 e. The fraction of sp³-hybridized carbons (Fsp3) is 0.357. The molecular formula is C14H18N4O2S. The molecule has 21 heavy (non-hydrogen) atoms. The third-order valence-electron chi connectivity index (χ3n) is 2.92. The van der Waals surface area contributed by atoms with Crippen molar-refractivity contribution in [2.75, 3.05) is 12.3 Å². The molecule has 0 saturated heterocycles. The van der Waals surface area contributed by atoms with Crippen LogP contribution in [0.15, 0.2) is 40.0 Å². The first-order chi connectivity index (χ1) is 10.2. The van der Waals surface area contributed by atoms with Crippen molar-refractivity contribution in [3.05, 3.63) is 41.8 Å². The Morgan fingerprint density at radius 1 is 1.38 bits per heavy atom. The number of carbonyl (C=O) groups is 1. The zero-order valence-corrected chi connectivity index (χ0v) is 12.6. The molecule has 0 saturated carbocycles. The van der Waals surface area contributed by atoms with Crippen molar-refractivity contribution in [3.8, 4) is 0 Å². The molecule has 1 atom stereocenters. The number of carbonyl (C=O) groups excluding carboxylic acids is 1. The fourth-order valence-electron chi connectivity index (χ4n) is 1.72. The number of hydrogen-bond donors (Lipinski definition) is 2. The minimum atomic E-state index is -0.0599. The summed E-state index contributed by atoms with van der Waals surface area (Å²) in [6.07, 6.45) is 0. The Balaban J connectivity index is 1.72. The van der Waals surface area contributed by atoms with Crippen LogP contribution in [-0.4, -0.2) is 28.4 Å². The molecule has 0 spiro atoms. The lowest BCUT2D eigenvalue weighted by atomic mass is 10.0. The SMILES string of the molecule is CC(CNC(=O)CSc1nnc(CN)o1)c1ccccc1. The summed E-state index contributed by atoms with van der Waals surface area (Å²) >= 11 is 1.20. The monoisotopic (exact) mass is 306 g/mol. The van der Waals surface area contributed by atoms with E-state index in [4.69, 9.17) is 10.2 Å². The number of aromatic nitrogens is 2. The number of nitrogens with two attached hydrogens (primary N) is 1. The summed E-state index contributed by atoms with van der Waals surface area (Å²) < 4.78 is 5.21. The van der Waals surface area contributed by atoms with Crippen LogP contribution in [-0.2, 0) is 11.3 Å². The molecule has 6 nitrogen and oxygen atoms in total. The van der Waals surface area contributed by atoms with Crippen LogP contribution in [0.4, 0.5) is 0 Å². The van der Waals surface area contributed by atoms with Gasteiger partial charge in [-0.05, 0) is 11.5 Å². The first-order valence-electron chi connectivity index (χ1n) is 6.66. The summed E-state index contributed by atoms with van der Waals surface area (Å²) in [5, 5.41) is 10.8. The van der Waals surface area contributed by atoms with Crippen LogP contribution >= 0.6 is 11.8 Å². The Labute approximate surface area is 127 Å². The molecule has 112 valence electrons. The van der Waals surface area contributed by atoms with E-state index in [1.165, 1.54) is 17.3 Å². The maximum atomic E-state index is 11.8. The summed E-state index contributed by atoms with van der Waals surface area (Å²) in [6, 6.07) is 10.1. The maximum absolute atomic E-state index is 11.8. The van der Waals surface area contributed by atoms with Gasteiger partial charge < -0.3 is 15.5 Å². The van der Waals surface area contributed by atoms with E-state index in [1.807, 2.05) is 18.2 Å². The first-order valence-corrected chi connectivity index (χ1v) is 7.64. The molecule has 1 amide bonds. The Hall–Kier alpha value is -1.86. The molecule has 1 aromatic carbocycles. The van der Waals surface area contributed by atoms with Gasteiger partial charge in [-0.2, -0.15) is 0 Å². The summed E-state index contributed by atoms with van der Waals surface area (Å²) in [6.45, 7) is 2.88. The van der Waals surface area contributed by atoms with Crippen molar-refractivity contribution in [3.63, 3.8) is 0 Å². The van der Waals surface area contributed by atoms with E-state index in [1.54, 1.807) is 0 Å². The summed E-state index contributed by atoms with van der Waals surface area (Å²) in [5.41, 5.74) is 6.57. The van der Waals surface area contributed by atoms with Crippen LogP contribution < -0.4 is 11.1 Å². The van der Waals surface area contributed by atoms with Gasteiger partial charge in [0.1, 0.15) is 0 Å². The highest BCUT2D eigenvalue weighted by Crippen LogP contribution is 2.16. The molecule has 7 heteroatoms. The van der Waals surface area contributed by atoms with Crippen LogP contribution in [0, 0.1) is 0 Å². The Morgan fingerprint density at radius 2 is 2.14 bits per heavy atom. The van der Waals surface area contributed by atoms with E-state index in [0.29, 0.717) is 17.7 Å². The van der Waals surface area contributed by atoms with Gasteiger partial charge >= 0.3 is 0 Å². The maximum Gasteiger partial charge on any atom is 0.277 e. The molecule has 1 aromatic heterocycles. The third kappa shape index (κ3) is 4.87. The average molecular weight is 306 g/mol. The van der Waals surface area contributed by atoms with Crippen molar-refractivity contribution in [1.29, 1.82) is 0 Å². The fourth-order valence-corrected chi connectivity index (χ4v) is 2.33. The van der Waals surface area contributed by atoms with Gasteiger partial charge in [-0.3, -0.25) is 4.79 Å². The lowest BCUT2D eigenvalue weighted by Gasteiger charge is -2.12. The molecule has 0 aliphatic rings. The highest BCUT2D eigenvalue weighted by atomic mass is 32.2. The van der Waals surface area contributed by atoms with Crippen LogP contribution in [0.5, 0.6) is 0 Å². The summed E-state index contributed by atoms with van der Waals surface area (Å²) in [5.74, 6) is 0.826. The Morgan fingerprint density at radius 3 is 2.81 bits per heavy atom. The van der Waals surface area contributed by atoms with Gasteiger partial charge in [0.25, 0.3) is 5.22 Å². The second-order valence-electron chi connectivity index (χ2n) is 4.57. The normalized spacial score (nSPS) is 12.1.